The van der Waals surface area contributed by atoms with Gasteiger partial charge in [-0.05, 0) is 24.0 Å². The molecule has 0 unspecified atom stereocenters. The molecule has 1 aromatic rings. The van der Waals surface area contributed by atoms with Gasteiger partial charge in [-0.1, -0.05) is 24.3 Å². The molecule has 0 aromatic heterocycles. The first-order chi connectivity index (χ1) is 5.67. The van der Waals surface area contributed by atoms with Gasteiger partial charge in [-0.25, -0.2) is 0 Å². The zero-order valence-corrected chi connectivity index (χ0v) is 8.20. The van der Waals surface area contributed by atoms with Crippen molar-refractivity contribution in [2.75, 3.05) is 0 Å². The standard InChI is InChI=1S/C10H10Cl2/c11-10(12)6-5-8-3-1-2-4-9(8)7-10/h1-4H,5-7H2. The number of hydrogen-bond donors (Lipinski definition) is 0. The molecule has 0 spiro atoms. The molecular formula is C10H10Cl2. The van der Waals surface area contributed by atoms with Gasteiger partial charge in [-0.3, -0.25) is 0 Å². The summed E-state index contributed by atoms with van der Waals surface area (Å²) in [6.07, 6.45) is 2.66. The average molecular weight is 201 g/mol. The van der Waals surface area contributed by atoms with Crippen molar-refractivity contribution < 1.29 is 0 Å². The Morgan fingerprint density at radius 1 is 1.08 bits per heavy atom. The van der Waals surface area contributed by atoms with Crippen molar-refractivity contribution in [3.05, 3.63) is 35.4 Å². The third kappa shape index (κ3) is 1.60. The molecule has 1 aromatic carbocycles. The van der Waals surface area contributed by atoms with Crippen molar-refractivity contribution in [1.29, 1.82) is 0 Å². The molecule has 0 N–H and O–H groups in total. The summed E-state index contributed by atoms with van der Waals surface area (Å²) in [5.41, 5.74) is 2.70. The van der Waals surface area contributed by atoms with E-state index >= 15 is 0 Å². The Bertz CT molecular complexity index is 292. The Morgan fingerprint density at radius 2 is 1.75 bits per heavy atom. The third-order valence-corrected chi connectivity index (χ3v) is 2.97. The maximum Gasteiger partial charge on any atom is 0.122 e. The second kappa shape index (κ2) is 2.93. The van der Waals surface area contributed by atoms with Gasteiger partial charge in [0.05, 0.1) is 0 Å². The van der Waals surface area contributed by atoms with Crippen LogP contribution in [0.25, 0.3) is 0 Å². The number of aryl methyl sites for hydroxylation is 1. The van der Waals surface area contributed by atoms with Gasteiger partial charge in [0.2, 0.25) is 0 Å². The highest BCUT2D eigenvalue weighted by Gasteiger charge is 2.29. The molecule has 0 bridgehead atoms. The second-order valence-corrected chi connectivity index (χ2v) is 4.94. The maximum absolute atomic E-state index is 6.07. The van der Waals surface area contributed by atoms with Crippen LogP contribution in [0.15, 0.2) is 24.3 Å². The van der Waals surface area contributed by atoms with E-state index in [0.29, 0.717) is 0 Å². The van der Waals surface area contributed by atoms with Crippen LogP contribution in [0.5, 0.6) is 0 Å². The van der Waals surface area contributed by atoms with Crippen molar-refractivity contribution in [3.8, 4) is 0 Å². The lowest BCUT2D eigenvalue weighted by Gasteiger charge is -2.26. The Balaban J connectivity index is 2.35. The highest BCUT2D eigenvalue weighted by molar-refractivity contribution is 6.48. The van der Waals surface area contributed by atoms with Crippen LogP contribution in [0.4, 0.5) is 0 Å². The number of benzene rings is 1. The predicted molar refractivity (Wildman–Crippen MR) is 52.9 cm³/mol. The van der Waals surface area contributed by atoms with E-state index in [0.717, 1.165) is 19.3 Å². The predicted octanol–water partition coefficient (Wildman–Crippen LogP) is 3.35. The van der Waals surface area contributed by atoms with Crippen LogP contribution in [-0.4, -0.2) is 4.33 Å². The van der Waals surface area contributed by atoms with Gasteiger partial charge in [0, 0.05) is 6.42 Å². The molecule has 12 heavy (non-hydrogen) atoms. The lowest BCUT2D eigenvalue weighted by atomic mass is 9.91. The minimum absolute atomic E-state index is 0.533. The van der Waals surface area contributed by atoms with Crippen LogP contribution in [0, 0.1) is 0 Å². The van der Waals surface area contributed by atoms with E-state index < -0.39 is 4.33 Å². The summed E-state index contributed by atoms with van der Waals surface area (Å²) in [6.45, 7) is 0. The van der Waals surface area contributed by atoms with Crippen molar-refractivity contribution in [3.63, 3.8) is 0 Å². The molecular weight excluding hydrogens is 191 g/mol. The lowest BCUT2D eigenvalue weighted by molar-refractivity contribution is 0.643. The molecule has 0 aliphatic heterocycles. The minimum Gasteiger partial charge on any atom is -0.101 e. The summed E-state index contributed by atoms with van der Waals surface area (Å²) in [5.74, 6) is 0. The van der Waals surface area contributed by atoms with Crippen molar-refractivity contribution in [2.24, 2.45) is 0 Å². The Kier molecular flexibility index (Phi) is 2.05. The van der Waals surface area contributed by atoms with Crippen LogP contribution >= 0.6 is 23.2 Å². The molecule has 1 aliphatic rings. The van der Waals surface area contributed by atoms with E-state index in [1.165, 1.54) is 11.1 Å². The molecule has 0 heterocycles. The first kappa shape index (κ1) is 8.40. The van der Waals surface area contributed by atoms with E-state index in [1.807, 2.05) is 6.07 Å². The normalized spacial score (nSPS) is 20.2. The van der Waals surface area contributed by atoms with E-state index in [9.17, 15) is 0 Å². The Hall–Kier alpha value is -0.200. The number of hydrogen-bond acceptors (Lipinski definition) is 0. The number of halogens is 2. The molecule has 0 saturated heterocycles. The van der Waals surface area contributed by atoms with Crippen LogP contribution in [-0.2, 0) is 12.8 Å². The maximum atomic E-state index is 6.07. The Labute approximate surface area is 82.5 Å². The number of alkyl halides is 2. The summed E-state index contributed by atoms with van der Waals surface area (Å²) in [5, 5.41) is 0. The molecule has 0 fully saturated rings. The summed E-state index contributed by atoms with van der Waals surface area (Å²) in [7, 11) is 0. The fraction of sp³-hybridized carbons (Fsp3) is 0.400. The zero-order valence-electron chi connectivity index (χ0n) is 6.69. The second-order valence-electron chi connectivity index (χ2n) is 3.30. The van der Waals surface area contributed by atoms with Crippen molar-refractivity contribution in [1.82, 2.24) is 0 Å². The van der Waals surface area contributed by atoms with E-state index in [2.05, 4.69) is 18.2 Å². The molecule has 2 heteroatoms. The highest BCUT2D eigenvalue weighted by atomic mass is 35.5. The first-order valence-electron chi connectivity index (χ1n) is 4.12. The van der Waals surface area contributed by atoms with Crippen molar-refractivity contribution in [2.45, 2.75) is 23.6 Å². The smallest absolute Gasteiger partial charge is 0.101 e. The van der Waals surface area contributed by atoms with Crippen LogP contribution in [0.2, 0.25) is 0 Å². The average Bonchev–Trinajstić information content (AvgIpc) is 2.02. The summed E-state index contributed by atoms with van der Waals surface area (Å²) in [4.78, 5) is 0. The van der Waals surface area contributed by atoms with E-state index in [1.54, 1.807) is 0 Å². The monoisotopic (exact) mass is 200 g/mol. The minimum atomic E-state index is -0.533. The molecule has 64 valence electrons. The van der Waals surface area contributed by atoms with E-state index in [4.69, 9.17) is 23.2 Å². The summed E-state index contributed by atoms with van der Waals surface area (Å²) in [6, 6.07) is 8.36. The number of fused-ring (bicyclic) bond motifs is 1. The quantitative estimate of drug-likeness (QED) is 0.564. The third-order valence-electron chi connectivity index (χ3n) is 2.33. The zero-order chi connectivity index (χ0) is 8.60. The topological polar surface area (TPSA) is 0 Å². The number of rotatable bonds is 0. The van der Waals surface area contributed by atoms with Crippen LogP contribution in [0.3, 0.4) is 0 Å². The molecule has 0 radical (unpaired) electrons. The fourth-order valence-corrected chi connectivity index (χ4v) is 2.14. The van der Waals surface area contributed by atoms with Gasteiger partial charge >= 0.3 is 0 Å². The summed E-state index contributed by atoms with van der Waals surface area (Å²) < 4.78 is -0.533. The highest BCUT2D eigenvalue weighted by Crippen LogP contribution is 2.36. The van der Waals surface area contributed by atoms with Gasteiger partial charge in [-0.2, -0.15) is 0 Å². The SMILES string of the molecule is ClC1(Cl)CCc2ccccc2C1. The van der Waals surface area contributed by atoms with Gasteiger partial charge in [0.25, 0.3) is 0 Å². The molecule has 1 aliphatic carbocycles. The van der Waals surface area contributed by atoms with Crippen LogP contribution < -0.4 is 0 Å². The van der Waals surface area contributed by atoms with Gasteiger partial charge in [0.15, 0.2) is 0 Å². The molecule has 0 atom stereocenters. The largest absolute Gasteiger partial charge is 0.122 e. The van der Waals surface area contributed by atoms with Crippen LogP contribution in [0.1, 0.15) is 17.5 Å². The van der Waals surface area contributed by atoms with Gasteiger partial charge < -0.3 is 0 Å². The molecule has 0 saturated carbocycles. The molecule has 2 rings (SSSR count). The lowest BCUT2D eigenvalue weighted by Crippen LogP contribution is -2.23. The summed E-state index contributed by atoms with van der Waals surface area (Å²) >= 11 is 12.1. The Morgan fingerprint density at radius 3 is 2.50 bits per heavy atom. The molecule has 0 amide bonds. The van der Waals surface area contributed by atoms with Gasteiger partial charge in [-0.15, -0.1) is 23.2 Å². The van der Waals surface area contributed by atoms with Gasteiger partial charge in [0.1, 0.15) is 4.33 Å². The van der Waals surface area contributed by atoms with Crippen molar-refractivity contribution >= 4 is 23.2 Å². The van der Waals surface area contributed by atoms with E-state index in [-0.39, 0.29) is 0 Å². The first-order valence-corrected chi connectivity index (χ1v) is 4.88. The molecule has 0 nitrogen and oxygen atoms in total. The fourth-order valence-electron chi connectivity index (χ4n) is 1.66.